The van der Waals surface area contributed by atoms with E-state index in [9.17, 15) is 5.11 Å². The first-order valence-electron chi connectivity index (χ1n) is 13.7. The normalized spacial score (nSPS) is 23.5. The molecule has 8 bridgehead atoms. The number of anilines is 3. The predicted molar refractivity (Wildman–Crippen MR) is 153 cm³/mol. The summed E-state index contributed by atoms with van der Waals surface area (Å²) in [4.78, 5) is 14.0. The summed E-state index contributed by atoms with van der Waals surface area (Å²) in [5.74, 6) is 1.31. The van der Waals surface area contributed by atoms with Gasteiger partial charge in [0.25, 0.3) is 0 Å². The van der Waals surface area contributed by atoms with Crippen molar-refractivity contribution < 1.29 is 14.6 Å². The molecule has 1 atom stereocenters. The minimum atomic E-state index is -0.179. The number of aliphatic hydroxyl groups is 1. The predicted octanol–water partition coefficient (Wildman–Crippen LogP) is 3.15. The monoisotopic (exact) mass is 552 g/mol. The Hall–Kier alpha value is -2.93. The molecule has 4 aliphatic heterocycles. The summed E-state index contributed by atoms with van der Waals surface area (Å²) in [5.41, 5.74) is 4.28. The molecule has 0 spiro atoms. The molecule has 2 N–H and O–H groups in total. The molecule has 6 heterocycles. The molecule has 3 aromatic rings. The van der Waals surface area contributed by atoms with Gasteiger partial charge in [0.2, 0.25) is 5.95 Å². The van der Waals surface area contributed by atoms with Crippen molar-refractivity contribution in [2.24, 2.45) is 0 Å². The summed E-state index contributed by atoms with van der Waals surface area (Å²) in [5, 5.41) is 18.2. The molecule has 39 heavy (non-hydrogen) atoms. The van der Waals surface area contributed by atoms with Gasteiger partial charge in [0.15, 0.2) is 0 Å². The molecule has 2 aromatic heterocycles. The molecule has 7 rings (SSSR count). The number of hydrogen-bond acceptors (Lipinski definition) is 11. The number of aromatic nitrogens is 5. The average Bonchev–Trinajstić information content (AvgIpc) is 3.46. The number of aliphatic hydroxyl groups excluding tert-OH is 1. The summed E-state index contributed by atoms with van der Waals surface area (Å²) >= 11 is 1.49. The molecule has 12 heteroatoms. The fourth-order valence-corrected chi connectivity index (χ4v) is 5.97. The largest absolute Gasteiger partial charge is 0.395 e. The van der Waals surface area contributed by atoms with Crippen LogP contribution in [0.2, 0.25) is 0 Å². The van der Waals surface area contributed by atoms with Crippen molar-refractivity contribution in [1.29, 1.82) is 0 Å². The maximum Gasteiger partial charge on any atom is 0.225 e. The van der Waals surface area contributed by atoms with Gasteiger partial charge in [-0.2, -0.15) is 0 Å². The highest BCUT2D eigenvalue weighted by Crippen LogP contribution is 2.35. The van der Waals surface area contributed by atoms with Crippen LogP contribution in [0, 0.1) is 0 Å². The second-order valence-corrected chi connectivity index (χ2v) is 11.4. The van der Waals surface area contributed by atoms with Crippen LogP contribution in [0.25, 0.3) is 17.1 Å². The molecule has 0 radical (unpaired) electrons. The smallest absolute Gasteiger partial charge is 0.225 e. The molecule has 208 valence electrons. The summed E-state index contributed by atoms with van der Waals surface area (Å²) < 4.78 is 17.8. The quantitative estimate of drug-likeness (QED) is 0.368. The zero-order valence-corrected chi connectivity index (χ0v) is 23.1. The SMILES string of the molecule is CC12CCN(CC1)c1cc(NSCCO)ccc1-n1cc(nn1)-c1ccnc(n1)N1CCCC(C1)OCCO2. The van der Waals surface area contributed by atoms with Crippen LogP contribution in [0.15, 0.2) is 36.7 Å². The minimum Gasteiger partial charge on any atom is -0.395 e. The molecule has 2 fully saturated rings. The Morgan fingerprint density at radius 3 is 2.87 bits per heavy atom. The number of benzene rings is 1. The van der Waals surface area contributed by atoms with Crippen molar-refractivity contribution in [2.45, 2.75) is 44.3 Å². The zero-order chi connectivity index (χ0) is 26.7. The molecular formula is C27H36N8O3S. The first-order valence-corrected chi connectivity index (χ1v) is 14.7. The highest BCUT2D eigenvalue weighted by atomic mass is 32.2. The highest BCUT2D eigenvalue weighted by Gasteiger charge is 2.32. The Labute approximate surface area is 233 Å². The summed E-state index contributed by atoms with van der Waals surface area (Å²) in [6.45, 7) is 6.93. The number of ether oxygens (including phenoxy) is 2. The van der Waals surface area contributed by atoms with Gasteiger partial charge in [0, 0.05) is 43.8 Å². The van der Waals surface area contributed by atoms with Crippen molar-refractivity contribution in [1.82, 2.24) is 25.0 Å². The van der Waals surface area contributed by atoms with Crippen molar-refractivity contribution in [3.63, 3.8) is 0 Å². The first kappa shape index (κ1) is 26.3. The van der Waals surface area contributed by atoms with Crippen LogP contribution in [0.4, 0.5) is 17.3 Å². The number of nitrogens with one attached hydrogen (secondary N) is 1. The van der Waals surface area contributed by atoms with Crippen LogP contribution < -0.4 is 14.5 Å². The molecule has 1 aromatic carbocycles. The lowest BCUT2D eigenvalue weighted by atomic mass is 9.93. The van der Waals surface area contributed by atoms with E-state index in [2.05, 4.69) is 48.9 Å². The van der Waals surface area contributed by atoms with Gasteiger partial charge in [-0.3, -0.25) is 0 Å². The number of fused-ring (bicyclic) bond motifs is 5. The second-order valence-electron chi connectivity index (χ2n) is 10.5. The molecular weight excluding hydrogens is 516 g/mol. The van der Waals surface area contributed by atoms with Crippen LogP contribution in [0.1, 0.15) is 32.6 Å². The van der Waals surface area contributed by atoms with Crippen molar-refractivity contribution in [2.75, 3.05) is 66.3 Å². The van der Waals surface area contributed by atoms with E-state index in [0.717, 1.165) is 74.6 Å². The van der Waals surface area contributed by atoms with Gasteiger partial charge in [-0.15, -0.1) is 5.10 Å². The standard InChI is InChI=1S/C27H36N8O3S/c1-27-7-11-33(12-8-27)25-17-20(31-39-16-13-36)4-5-24(25)35-19-23(30-32-35)22-6-9-28-26(29-22)34-10-2-3-21(18-34)37-14-15-38-27/h4-6,9,17,19,21,31,36H,2-3,7-8,10-16,18H2,1H3. The van der Waals surface area contributed by atoms with Crippen LogP contribution in [0.5, 0.6) is 0 Å². The Balaban J connectivity index is 1.36. The molecule has 11 nitrogen and oxygen atoms in total. The first-order chi connectivity index (χ1) is 19.1. The fraction of sp³-hybridized carbons (Fsp3) is 0.556. The average molecular weight is 553 g/mol. The van der Waals surface area contributed by atoms with Crippen LogP contribution >= 0.6 is 11.9 Å². The highest BCUT2D eigenvalue weighted by molar-refractivity contribution is 8.00. The van der Waals surface area contributed by atoms with E-state index < -0.39 is 0 Å². The van der Waals surface area contributed by atoms with Gasteiger partial charge >= 0.3 is 0 Å². The minimum absolute atomic E-state index is 0.128. The van der Waals surface area contributed by atoms with Gasteiger partial charge in [0.1, 0.15) is 5.69 Å². The third kappa shape index (κ3) is 5.98. The van der Waals surface area contributed by atoms with E-state index in [1.807, 2.05) is 23.0 Å². The van der Waals surface area contributed by atoms with E-state index in [4.69, 9.17) is 14.5 Å². The van der Waals surface area contributed by atoms with Gasteiger partial charge in [-0.25, -0.2) is 14.6 Å². The maximum absolute atomic E-state index is 9.18. The number of rotatable bonds is 4. The van der Waals surface area contributed by atoms with Gasteiger partial charge < -0.3 is 29.1 Å². The third-order valence-corrected chi connectivity index (χ3v) is 8.48. The maximum atomic E-state index is 9.18. The number of nitrogens with zero attached hydrogens (tertiary/aromatic N) is 7. The third-order valence-electron chi connectivity index (χ3n) is 7.71. The lowest BCUT2D eigenvalue weighted by molar-refractivity contribution is -0.0807. The van der Waals surface area contributed by atoms with E-state index >= 15 is 0 Å². The Morgan fingerprint density at radius 2 is 2.00 bits per heavy atom. The lowest BCUT2D eigenvalue weighted by Crippen LogP contribution is -2.45. The van der Waals surface area contributed by atoms with Crippen LogP contribution in [-0.2, 0) is 9.47 Å². The van der Waals surface area contributed by atoms with E-state index in [0.29, 0.717) is 30.6 Å². The topological polar surface area (TPSA) is 114 Å². The summed E-state index contributed by atoms with van der Waals surface area (Å²) in [6, 6.07) is 8.14. The molecule has 1 unspecified atom stereocenters. The fourth-order valence-electron chi connectivity index (χ4n) is 5.48. The van der Waals surface area contributed by atoms with E-state index in [-0.39, 0.29) is 18.3 Å². The van der Waals surface area contributed by atoms with Gasteiger partial charge in [0.05, 0.1) is 54.8 Å². The van der Waals surface area contributed by atoms with Crippen molar-refractivity contribution in [3.05, 3.63) is 36.7 Å². The van der Waals surface area contributed by atoms with Gasteiger partial charge in [-0.1, -0.05) is 17.2 Å². The Morgan fingerprint density at radius 1 is 1.10 bits per heavy atom. The molecule has 0 aliphatic carbocycles. The van der Waals surface area contributed by atoms with Crippen LogP contribution in [0.3, 0.4) is 0 Å². The molecule has 0 amide bonds. The second kappa shape index (κ2) is 11.7. The molecule has 0 saturated carbocycles. The summed E-state index contributed by atoms with van der Waals surface area (Å²) in [6.07, 6.45) is 7.78. The Kier molecular flexibility index (Phi) is 7.87. The molecule has 2 saturated heterocycles. The number of hydrogen-bond donors (Lipinski definition) is 2. The Bertz CT molecular complexity index is 1270. The van der Waals surface area contributed by atoms with Crippen LogP contribution in [-0.4, -0.2) is 93.5 Å². The van der Waals surface area contributed by atoms with Crippen molar-refractivity contribution >= 4 is 29.3 Å². The van der Waals surface area contributed by atoms with Gasteiger partial charge in [-0.05, 0) is 56.9 Å². The number of piperidine rings is 2. The zero-order valence-electron chi connectivity index (χ0n) is 22.3. The van der Waals surface area contributed by atoms with E-state index in [1.54, 1.807) is 6.20 Å². The molecule has 4 aliphatic rings. The lowest BCUT2D eigenvalue weighted by Gasteiger charge is -2.41. The van der Waals surface area contributed by atoms with E-state index in [1.165, 1.54) is 11.9 Å². The van der Waals surface area contributed by atoms with Crippen molar-refractivity contribution in [3.8, 4) is 17.1 Å². The summed E-state index contributed by atoms with van der Waals surface area (Å²) in [7, 11) is 0.